The molecule has 0 spiro atoms. The van der Waals surface area contributed by atoms with Crippen LogP contribution in [-0.4, -0.2) is 31.9 Å². The lowest BCUT2D eigenvalue weighted by Gasteiger charge is -2.28. The predicted molar refractivity (Wildman–Crippen MR) is 74.7 cm³/mol. The van der Waals surface area contributed by atoms with Crippen LogP contribution in [0.3, 0.4) is 0 Å². The Balaban J connectivity index is 2.09. The first-order chi connectivity index (χ1) is 10.2. The van der Waals surface area contributed by atoms with Gasteiger partial charge in [-0.25, -0.2) is 21.6 Å². The third-order valence-electron chi connectivity index (χ3n) is 3.81. The lowest BCUT2D eigenvalue weighted by atomic mass is 9.94. The summed E-state index contributed by atoms with van der Waals surface area (Å²) < 4.78 is 62.2. The number of halogens is 3. The van der Waals surface area contributed by atoms with E-state index in [1.165, 1.54) is 0 Å². The fourth-order valence-corrected chi connectivity index (χ4v) is 3.80. The third kappa shape index (κ3) is 3.79. The molecular formula is C14H16F3NO3S. The number of sulfone groups is 1. The number of hydrogen-bond donors (Lipinski definition) is 1. The van der Waals surface area contributed by atoms with Gasteiger partial charge in [0.2, 0.25) is 0 Å². The Bertz CT molecular complexity index is 668. The van der Waals surface area contributed by atoms with Gasteiger partial charge in [0.1, 0.15) is 9.84 Å². The van der Waals surface area contributed by atoms with Gasteiger partial charge >= 0.3 is 0 Å². The highest BCUT2D eigenvalue weighted by atomic mass is 32.2. The Hall–Kier alpha value is -1.57. The van der Waals surface area contributed by atoms with Crippen molar-refractivity contribution in [3.63, 3.8) is 0 Å². The van der Waals surface area contributed by atoms with Crippen molar-refractivity contribution in [1.29, 1.82) is 0 Å². The Labute approximate surface area is 126 Å². The van der Waals surface area contributed by atoms with E-state index in [0.29, 0.717) is 31.4 Å². The summed E-state index contributed by atoms with van der Waals surface area (Å²) in [6.45, 7) is 0. The van der Waals surface area contributed by atoms with Crippen molar-refractivity contribution in [1.82, 2.24) is 5.32 Å². The van der Waals surface area contributed by atoms with Crippen LogP contribution in [-0.2, 0) is 9.84 Å². The minimum Gasteiger partial charge on any atom is -0.349 e. The highest BCUT2D eigenvalue weighted by molar-refractivity contribution is 7.91. The summed E-state index contributed by atoms with van der Waals surface area (Å²) in [6.07, 6.45) is 3.16. The van der Waals surface area contributed by atoms with E-state index < -0.39 is 44.5 Å². The molecule has 1 saturated carbocycles. The second-order valence-corrected chi connectivity index (χ2v) is 7.87. The van der Waals surface area contributed by atoms with Crippen molar-refractivity contribution in [3.05, 3.63) is 35.1 Å². The number of carbonyl (C=O) groups is 1. The van der Waals surface area contributed by atoms with Gasteiger partial charge in [0.05, 0.1) is 5.25 Å². The molecule has 1 aliphatic rings. The van der Waals surface area contributed by atoms with Crippen LogP contribution in [0.25, 0.3) is 0 Å². The summed E-state index contributed by atoms with van der Waals surface area (Å²) in [7, 11) is -3.20. The Morgan fingerprint density at radius 3 is 2.32 bits per heavy atom. The predicted octanol–water partition coefficient (Wildman–Crippen LogP) is 2.19. The number of amides is 1. The number of nitrogens with one attached hydrogen (secondary N) is 1. The molecule has 1 aromatic rings. The Morgan fingerprint density at radius 2 is 1.77 bits per heavy atom. The van der Waals surface area contributed by atoms with Gasteiger partial charge in [0.25, 0.3) is 5.91 Å². The van der Waals surface area contributed by atoms with Gasteiger partial charge in [-0.3, -0.25) is 4.79 Å². The molecule has 4 nitrogen and oxygen atoms in total. The zero-order valence-corrected chi connectivity index (χ0v) is 12.7. The van der Waals surface area contributed by atoms with Gasteiger partial charge in [-0.1, -0.05) is 6.42 Å². The summed E-state index contributed by atoms with van der Waals surface area (Å²) in [6, 6.07) is 0.840. The fourth-order valence-electron chi connectivity index (χ4n) is 2.62. The van der Waals surface area contributed by atoms with E-state index in [1.807, 2.05) is 0 Å². The molecule has 22 heavy (non-hydrogen) atoms. The minimum atomic E-state index is -3.20. The van der Waals surface area contributed by atoms with E-state index in [-0.39, 0.29) is 12.0 Å². The van der Waals surface area contributed by atoms with Crippen LogP contribution in [0.4, 0.5) is 13.2 Å². The van der Waals surface area contributed by atoms with Gasteiger partial charge in [-0.15, -0.1) is 0 Å². The van der Waals surface area contributed by atoms with Gasteiger partial charge in [0, 0.05) is 17.9 Å². The average molecular weight is 335 g/mol. The quantitative estimate of drug-likeness (QED) is 0.861. The number of rotatable bonds is 3. The van der Waals surface area contributed by atoms with Crippen molar-refractivity contribution in [3.8, 4) is 0 Å². The van der Waals surface area contributed by atoms with E-state index in [9.17, 15) is 26.4 Å². The molecule has 0 aromatic heterocycles. The molecule has 0 unspecified atom stereocenters. The lowest BCUT2D eigenvalue weighted by Crippen LogP contribution is -2.41. The molecule has 8 heteroatoms. The highest BCUT2D eigenvalue weighted by Gasteiger charge is 2.30. The first-order valence-corrected chi connectivity index (χ1v) is 8.78. The van der Waals surface area contributed by atoms with Crippen LogP contribution in [0.1, 0.15) is 36.0 Å². The maximum absolute atomic E-state index is 13.1. The van der Waals surface area contributed by atoms with E-state index >= 15 is 0 Å². The minimum absolute atomic E-state index is 0.261. The zero-order chi connectivity index (χ0) is 16.5. The molecule has 0 aliphatic heterocycles. The molecule has 0 heterocycles. The molecule has 122 valence electrons. The average Bonchev–Trinajstić information content (AvgIpc) is 2.43. The molecular weight excluding hydrogens is 319 g/mol. The van der Waals surface area contributed by atoms with E-state index in [1.54, 1.807) is 0 Å². The monoisotopic (exact) mass is 335 g/mol. The van der Waals surface area contributed by atoms with E-state index in [4.69, 9.17) is 0 Å². The summed E-state index contributed by atoms with van der Waals surface area (Å²) in [4.78, 5) is 12.0. The molecule has 2 rings (SSSR count). The van der Waals surface area contributed by atoms with Crippen molar-refractivity contribution < 1.29 is 26.4 Å². The second-order valence-electron chi connectivity index (χ2n) is 5.54. The molecule has 2 atom stereocenters. The van der Waals surface area contributed by atoms with Gasteiger partial charge < -0.3 is 5.32 Å². The first-order valence-electron chi connectivity index (χ1n) is 6.82. The summed E-state index contributed by atoms with van der Waals surface area (Å²) in [5.41, 5.74) is -0.335. The smallest absolute Gasteiger partial charge is 0.251 e. The van der Waals surface area contributed by atoms with Crippen molar-refractivity contribution in [2.45, 2.75) is 37.0 Å². The number of benzene rings is 1. The van der Waals surface area contributed by atoms with Crippen LogP contribution < -0.4 is 5.32 Å². The van der Waals surface area contributed by atoms with Gasteiger partial charge in [0.15, 0.2) is 17.5 Å². The SMILES string of the molecule is CS(=O)(=O)[C@H]1CCC[C@H](NC(=O)c2cc(F)c(F)c(F)c2)C1. The number of carbonyl (C=O) groups excluding carboxylic acids is 1. The standard InChI is InChI=1S/C14H16F3NO3S/c1-22(20,21)10-4-2-3-9(7-10)18-14(19)8-5-11(15)13(17)12(16)6-8/h5-6,9-10H,2-4,7H2,1H3,(H,18,19)/t9-,10-/m0/s1. The molecule has 0 radical (unpaired) electrons. The molecule has 0 bridgehead atoms. The van der Waals surface area contributed by atoms with Gasteiger partial charge in [-0.05, 0) is 31.4 Å². The molecule has 0 saturated heterocycles. The maximum atomic E-state index is 13.1. The van der Waals surface area contributed by atoms with Crippen LogP contribution in [0.2, 0.25) is 0 Å². The molecule has 1 aliphatic carbocycles. The molecule has 1 aromatic carbocycles. The zero-order valence-electron chi connectivity index (χ0n) is 11.9. The van der Waals surface area contributed by atoms with Crippen molar-refractivity contribution >= 4 is 15.7 Å². The van der Waals surface area contributed by atoms with Crippen LogP contribution in [0.15, 0.2) is 12.1 Å². The normalized spacial score (nSPS) is 22.4. The largest absolute Gasteiger partial charge is 0.349 e. The van der Waals surface area contributed by atoms with Crippen LogP contribution >= 0.6 is 0 Å². The summed E-state index contributed by atoms with van der Waals surface area (Å²) in [5, 5.41) is 2.02. The lowest BCUT2D eigenvalue weighted by molar-refractivity contribution is 0.0926. The van der Waals surface area contributed by atoms with Crippen molar-refractivity contribution in [2.75, 3.05) is 6.26 Å². The number of hydrogen-bond acceptors (Lipinski definition) is 3. The van der Waals surface area contributed by atoms with Crippen molar-refractivity contribution in [2.24, 2.45) is 0 Å². The third-order valence-corrected chi connectivity index (χ3v) is 5.45. The Morgan fingerprint density at radius 1 is 1.18 bits per heavy atom. The highest BCUT2D eigenvalue weighted by Crippen LogP contribution is 2.24. The second kappa shape index (κ2) is 6.28. The summed E-state index contributed by atoms with van der Waals surface area (Å²) >= 11 is 0. The van der Waals surface area contributed by atoms with Crippen LogP contribution in [0.5, 0.6) is 0 Å². The van der Waals surface area contributed by atoms with E-state index in [0.717, 1.165) is 6.26 Å². The first kappa shape index (κ1) is 16.8. The topological polar surface area (TPSA) is 63.2 Å². The molecule has 1 fully saturated rings. The van der Waals surface area contributed by atoms with E-state index in [2.05, 4.69) is 5.32 Å². The fraction of sp³-hybridized carbons (Fsp3) is 0.500. The summed E-state index contributed by atoms with van der Waals surface area (Å²) in [5.74, 6) is -5.27. The van der Waals surface area contributed by atoms with Crippen LogP contribution in [0, 0.1) is 17.5 Å². The maximum Gasteiger partial charge on any atom is 0.251 e. The molecule has 1 amide bonds. The van der Waals surface area contributed by atoms with Gasteiger partial charge in [-0.2, -0.15) is 0 Å². The Kier molecular flexibility index (Phi) is 4.79. The molecule has 1 N–H and O–H groups in total.